The zero-order valence-electron chi connectivity index (χ0n) is 17.5. The first-order valence-electron chi connectivity index (χ1n) is 9.90. The van der Waals surface area contributed by atoms with Crippen LogP contribution in [0.5, 0.6) is 0 Å². The molecule has 0 unspecified atom stereocenters. The van der Waals surface area contributed by atoms with Crippen LogP contribution >= 0.6 is 0 Å². The van der Waals surface area contributed by atoms with Crippen LogP contribution in [0.15, 0.2) is 47.6 Å². The fraction of sp³-hybridized carbons (Fsp3) is 0.381. The largest absolute Gasteiger partial charge is 0.356 e. The van der Waals surface area contributed by atoms with Crippen LogP contribution < -0.4 is 5.32 Å². The number of hydrogen-bond donors (Lipinski definition) is 1. The van der Waals surface area contributed by atoms with Crippen molar-refractivity contribution in [3.05, 3.63) is 54.1 Å². The standard InChI is InChI=1S/C21H27N5O3S/c1-4-26-19-8-7-17(30(28,29)25(2)3)14-18(19)24-20(26)9-10-21(27)23-13-11-16-6-5-12-22-15-16/h5-8,12,14-15H,4,9-11,13H2,1-3H3,(H,23,27). The van der Waals surface area contributed by atoms with E-state index in [1.165, 1.54) is 18.4 Å². The molecule has 0 aliphatic rings. The highest BCUT2D eigenvalue weighted by atomic mass is 32.2. The van der Waals surface area contributed by atoms with Gasteiger partial charge >= 0.3 is 0 Å². The number of aromatic nitrogens is 3. The number of carbonyl (C=O) groups is 1. The number of carbonyl (C=O) groups excluding carboxylic acids is 1. The molecule has 0 aliphatic heterocycles. The molecule has 1 amide bonds. The van der Waals surface area contributed by atoms with Gasteiger partial charge in [-0.05, 0) is 43.2 Å². The lowest BCUT2D eigenvalue weighted by Crippen LogP contribution is -2.26. The molecule has 1 aromatic carbocycles. The van der Waals surface area contributed by atoms with E-state index in [1.807, 2.05) is 23.6 Å². The summed E-state index contributed by atoms with van der Waals surface area (Å²) in [6.07, 6.45) is 5.05. The molecule has 2 heterocycles. The highest BCUT2D eigenvalue weighted by molar-refractivity contribution is 7.89. The minimum Gasteiger partial charge on any atom is -0.356 e. The molecule has 0 bridgehead atoms. The molecule has 0 radical (unpaired) electrons. The lowest BCUT2D eigenvalue weighted by Gasteiger charge is -2.11. The zero-order chi connectivity index (χ0) is 21.7. The Kier molecular flexibility index (Phi) is 6.84. The molecular formula is C21H27N5O3S. The van der Waals surface area contributed by atoms with E-state index in [4.69, 9.17) is 0 Å². The first kappa shape index (κ1) is 21.9. The Morgan fingerprint density at radius 3 is 2.67 bits per heavy atom. The van der Waals surface area contributed by atoms with Gasteiger partial charge in [0, 0.05) is 52.4 Å². The maximum Gasteiger partial charge on any atom is 0.242 e. The molecule has 30 heavy (non-hydrogen) atoms. The molecule has 9 heteroatoms. The minimum absolute atomic E-state index is 0.0375. The van der Waals surface area contributed by atoms with Crippen LogP contribution in [-0.4, -0.2) is 53.8 Å². The van der Waals surface area contributed by atoms with Crippen molar-refractivity contribution < 1.29 is 13.2 Å². The minimum atomic E-state index is -3.52. The Bertz CT molecular complexity index is 1120. The summed E-state index contributed by atoms with van der Waals surface area (Å²) in [5.41, 5.74) is 2.56. The summed E-state index contributed by atoms with van der Waals surface area (Å²) in [7, 11) is -0.517. The number of hydrogen-bond acceptors (Lipinski definition) is 5. The summed E-state index contributed by atoms with van der Waals surface area (Å²) in [4.78, 5) is 21.1. The van der Waals surface area contributed by atoms with Gasteiger partial charge in [-0.3, -0.25) is 9.78 Å². The molecule has 0 spiro atoms. The summed E-state index contributed by atoms with van der Waals surface area (Å²) in [6.45, 7) is 3.25. The van der Waals surface area contributed by atoms with E-state index in [9.17, 15) is 13.2 Å². The van der Waals surface area contributed by atoms with Crippen LogP contribution in [0.3, 0.4) is 0 Å². The van der Waals surface area contributed by atoms with E-state index in [-0.39, 0.29) is 10.8 Å². The van der Waals surface area contributed by atoms with Crippen molar-refractivity contribution in [2.75, 3.05) is 20.6 Å². The molecule has 2 aromatic heterocycles. The van der Waals surface area contributed by atoms with Gasteiger partial charge in [0.25, 0.3) is 0 Å². The van der Waals surface area contributed by atoms with Gasteiger partial charge in [0.15, 0.2) is 0 Å². The van der Waals surface area contributed by atoms with E-state index < -0.39 is 10.0 Å². The number of fused-ring (bicyclic) bond motifs is 1. The molecule has 0 aliphatic carbocycles. The van der Waals surface area contributed by atoms with E-state index in [0.29, 0.717) is 31.4 Å². The molecule has 0 atom stereocenters. The number of pyridine rings is 1. The second-order valence-corrected chi connectivity index (χ2v) is 9.32. The lowest BCUT2D eigenvalue weighted by molar-refractivity contribution is -0.121. The molecule has 160 valence electrons. The van der Waals surface area contributed by atoms with E-state index in [0.717, 1.165) is 23.3 Å². The van der Waals surface area contributed by atoms with E-state index >= 15 is 0 Å². The lowest BCUT2D eigenvalue weighted by atomic mass is 10.2. The first-order valence-corrected chi connectivity index (χ1v) is 11.3. The number of sulfonamides is 1. The van der Waals surface area contributed by atoms with Gasteiger partial charge < -0.3 is 9.88 Å². The SMILES string of the molecule is CCn1c(CCC(=O)NCCc2cccnc2)nc2cc(S(=O)(=O)N(C)C)ccc21. The molecule has 3 aromatic rings. The fourth-order valence-corrected chi connectivity index (χ4v) is 4.20. The van der Waals surface area contributed by atoms with Gasteiger partial charge in [-0.15, -0.1) is 0 Å². The Hall–Kier alpha value is -2.78. The van der Waals surface area contributed by atoms with Crippen LogP contribution in [-0.2, 0) is 34.2 Å². The quantitative estimate of drug-likeness (QED) is 0.561. The van der Waals surface area contributed by atoms with Crippen molar-refractivity contribution in [1.29, 1.82) is 0 Å². The predicted molar refractivity (Wildman–Crippen MR) is 116 cm³/mol. The maximum atomic E-state index is 12.4. The summed E-state index contributed by atoms with van der Waals surface area (Å²) in [5, 5.41) is 2.93. The molecule has 0 saturated carbocycles. The molecule has 3 rings (SSSR count). The molecule has 8 nitrogen and oxygen atoms in total. The normalized spacial score (nSPS) is 11.9. The van der Waals surface area contributed by atoms with Crippen molar-refractivity contribution in [2.45, 2.75) is 37.6 Å². The Morgan fingerprint density at radius 2 is 2.00 bits per heavy atom. The van der Waals surface area contributed by atoms with Gasteiger partial charge in [0.05, 0.1) is 15.9 Å². The molecular weight excluding hydrogens is 402 g/mol. The van der Waals surface area contributed by atoms with E-state index in [2.05, 4.69) is 15.3 Å². The van der Waals surface area contributed by atoms with Gasteiger partial charge in [0.1, 0.15) is 5.82 Å². The highest BCUT2D eigenvalue weighted by Crippen LogP contribution is 2.22. The van der Waals surface area contributed by atoms with Gasteiger partial charge in [0.2, 0.25) is 15.9 Å². The van der Waals surface area contributed by atoms with Crippen LogP contribution in [0.25, 0.3) is 11.0 Å². The second-order valence-electron chi connectivity index (χ2n) is 7.17. The topological polar surface area (TPSA) is 97.2 Å². The number of benzene rings is 1. The number of aryl methyl sites for hydroxylation is 2. The summed E-state index contributed by atoms with van der Waals surface area (Å²) >= 11 is 0. The number of nitrogens with one attached hydrogen (secondary N) is 1. The van der Waals surface area contributed by atoms with Gasteiger partial charge in [-0.1, -0.05) is 6.07 Å². The smallest absolute Gasteiger partial charge is 0.242 e. The molecule has 0 fully saturated rings. The van der Waals surface area contributed by atoms with Crippen molar-refractivity contribution >= 4 is 27.0 Å². The summed E-state index contributed by atoms with van der Waals surface area (Å²) in [6, 6.07) is 8.82. The maximum absolute atomic E-state index is 12.4. The third-order valence-corrected chi connectivity index (χ3v) is 6.74. The highest BCUT2D eigenvalue weighted by Gasteiger charge is 2.19. The van der Waals surface area contributed by atoms with Crippen LogP contribution in [0, 0.1) is 0 Å². The number of nitrogens with zero attached hydrogens (tertiary/aromatic N) is 4. The van der Waals surface area contributed by atoms with Gasteiger partial charge in [-0.2, -0.15) is 0 Å². The zero-order valence-corrected chi connectivity index (χ0v) is 18.3. The first-order chi connectivity index (χ1) is 14.3. The Labute approximate surface area is 177 Å². The molecule has 0 saturated heterocycles. The number of imidazole rings is 1. The Morgan fingerprint density at radius 1 is 1.20 bits per heavy atom. The van der Waals surface area contributed by atoms with Gasteiger partial charge in [-0.25, -0.2) is 17.7 Å². The van der Waals surface area contributed by atoms with Crippen molar-refractivity contribution in [3.63, 3.8) is 0 Å². The average molecular weight is 430 g/mol. The van der Waals surface area contributed by atoms with E-state index in [1.54, 1.807) is 30.6 Å². The second kappa shape index (κ2) is 9.36. The number of amides is 1. The monoisotopic (exact) mass is 429 g/mol. The summed E-state index contributed by atoms with van der Waals surface area (Å²) in [5.74, 6) is 0.735. The summed E-state index contributed by atoms with van der Waals surface area (Å²) < 4.78 is 28.0. The third kappa shape index (κ3) is 4.85. The van der Waals surface area contributed by atoms with Crippen molar-refractivity contribution in [2.24, 2.45) is 0 Å². The number of rotatable bonds is 9. The third-order valence-electron chi connectivity index (χ3n) is 4.93. The van der Waals surface area contributed by atoms with Crippen LogP contribution in [0.4, 0.5) is 0 Å². The van der Waals surface area contributed by atoms with Crippen LogP contribution in [0.1, 0.15) is 24.7 Å². The predicted octanol–water partition coefficient (Wildman–Crippen LogP) is 1.99. The van der Waals surface area contributed by atoms with Crippen LogP contribution in [0.2, 0.25) is 0 Å². The Balaban J connectivity index is 1.67. The fourth-order valence-electron chi connectivity index (χ4n) is 3.28. The average Bonchev–Trinajstić information content (AvgIpc) is 3.09. The molecule has 1 N–H and O–H groups in total. The van der Waals surface area contributed by atoms with Crippen molar-refractivity contribution in [3.8, 4) is 0 Å². The van der Waals surface area contributed by atoms with Crippen molar-refractivity contribution in [1.82, 2.24) is 24.2 Å².